The number of para-hydroxylation sites is 1. The van der Waals surface area contributed by atoms with Crippen molar-refractivity contribution in [2.75, 3.05) is 0 Å². The van der Waals surface area contributed by atoms with Gasteiger partial charge in [0.1, 0.15) is 0 Å². The largest absolute Gasteiger partial charge is 0.367 e. The zero-order valence-corrected chi connectivity index (χ0v) is 9.86. The second-order valence-corrected chi connectivity index (χ2v) is 4.11. The molecule has 5 heteroatoms. The molecule has 0 unspecified atom stereocenters. The van der Waals surface area contributed by atoms with Crippen molar-refractivity contribution in [2.45, 2.75) is 5.33 Å². The van der Waals surface area contributed by atoms with Crippen LogP contribution in [0, 0.1) is 0 Å². The number of aromatic nitrogens is 3. The second-order valence-electron chi connectivity index (χ2n) is 3.55. The van der Waals surface area contributed by atoms with Gasteiger partial charge in [-0.2, -0.15) is 4.98 Å². The lowest BCUT2D eigenvalue weighted by Crippen LogP contribution is -2.17. The molecule has 3 aromatic rings. The molecule has 2 heterocycles. The highest BCUT2D eigenvalue weighted by Gasteiger charge is 2.07. The molecule has 0 aliphatic heterocycles. The summed E-state index contributed by atoms with van der Waals surface area (Å²) >= 11 is 3.36. The number of fused-ring (bicyclic) bond motifs is 3. The van der Waals surface area contributed by atoms with Crippen LogP contribution in [0.2, 0.25) is 0 Å². The van der Waals surface area contributed by atoms with Crippen molar-refractivity contribution in [2.24, 2.45) is 0 Å². The second kappa shape index (κ2) is 3.45. The third-order valence-electron chi connectivity index (χ3n) is 2.54. The topological polar surface area (TPSA) is 50.2 Å². The molecule has 4 nitrogen and oxygen atoms in total. The van der Waals surface area contributed by atoms with Gasteiger partial charge in [-0.05, 0) is 12.1 Å². The van der Waals surface area contributed by atoms with E-state index >= 15 is 0 Å². The molecule has 0 saturated carbocycles. The number of hydrogen-bond acceptors (Lipinski definition) is 2. The fourth-order valence-corrected chi connectivity index (χ4v) is 2.11. The standard InChI is InChI=1S/C11H8BrN3O/c12-6-7-5-10-8-3-1-2-4-9(8)13-11(16)15(10)14-7/h1-5,14H,6H2. The summed E-state index contributed by atoms with van der Waals surface area (Å²) in [5.41, 5.74) is 2.27. The van der Waals surface area contributed by atoms with Crippen molar-refractivity contribution < 1.29 is 0 Å². The molecular weight excluding hydrogens is 270 g/mol. The summed E-state index contributed by atoms with van der Waals surface area (Å²) in [6, 6.07) is 9.58. The lowest BCUT2D eigenvalue weighted by atomic mass is 10.2. The van der Waals surface area contributed by atoms with Crippen molar-refractivity contribution in [1.82, 2.24) is 14.6 Å². The number of rotatable bonds is 1. The maximum absolute atomic E-state index is 11.7. The highest BCUT2D eigenvalue weighted by Crippen LogP contribution is 2.17. The number of alkyl halides is 1. The van der Waals surface area contributed by atoms with Crippen molar-refractivity contribution in [3.8, 4) is 0 Å². The Labute approximate surface area is 99.0 Å². The molecule has 0 saturated heterocycles. The van der Waals surface area contributed by atoms with E-state index in [1.54, 1.807) is 0 Å². The average molecular weight is 278 g/mol. The van der Waals surface area contributed by atoms with Gasteiger partial charge in [-0.25, -0.2) is 9.31 Å². The monoisotopic (exact) mass is 277 g/mol. The highest BCUT2D eigenvalue weighted by molar-refractivity contribution is 9.08. The molecule has 0 radical (unpaired) electrons. The quantitative estimate of drug-likeness (QED) is 0.693. The van der Waals surface area contributed by atoms with E-state index in [1.807, 2.05) is 30.3 Å². The van der Waals surface area contributed by atoms with E-state index in [9.17, 15) is 4.79 Å². The van der Waals surface area contributed by atoms with Gasteiger partial charge in [0.2, 0.25) is 0 Å². The number of nitrogens with zero attached hydrogens (tertiary/aromatic N) is 2. The molecule has 16 heavy (non-hydrogen) atoms. The molecule has 0 aliphatic rings. The van der Waals surface area contributed by atoms with Crippen LogP contribution in [0.25, 0.3) is 16.4 Å². The Hall–Kier alpha value is -1.62. The third kappa shape index (κ3) is 1.28. The Morgan fingerprint density at radius 2 is 2.19 bits per heavy atom. The van der Waals surface area contributed by atoms with Crippen molar-refractivity contribution in [3.05, 3.63) is 46.5 Å². The molecule has 0 amide bonds. The first-order valence-corrected chi connectivity index (χ1v) is 5.97. The lowest BCUT2D eigenvalue weighted by molar-refractivity contribution is 0.862. The van der Waals surface area contributed by atoms with Crippen LogP contribution < -0.4 is 5.69 Å². The Morgan fingerprint density at radius 1 is 1.38 bits per heavy atom. The van der Waals surface area contributed by atoms with Gasteiger partial charge in [0.15, 0.2) is 0 Å². The average Bonchev–Trinajstić information content (AvgIpc) is 2.74. The SMILES string of the molecule is O=c1nc2ccccc2c2cc(CBr)[nH]n12. The van der Waals surface area contributed by atoms with Gasteiger partial charge in [0.05, 0.1) is 11.0 Å². The van der Waals surface area contributed by atoms with E-state index in [0.29, 0.717) is 5.33 Å². The molecule has 2 aromatic heterocycles. The summed E-state index contributed by atoms with van der Waals surface area (Å²) in [5.74, 6) is 0. The van der Waals surface area contributed by atoms with Crippen LogP contribution in [0.1, 0.15) is 5.69 Å². The van der Waals surface area contributed by atoms with Gasteiger partial charge < -0.3 is 0 Å². The van der Waals surface area contributed by atoms with E-state index in [0.717, 1.165) is 22.1 Å². The summed E-state index contributed by atoms with van der Waals surface area (Å²) in [5, 5.41) is 4.66. The molecule has 0 fully saturated rings. The van der Waals surface area contributed by atoms with Crippen LogP contribution in [-0.2, 0) is 5.33 Å². The first-order valence-electron chi connectivity index (χ1n) is 4.85. The van der Waals surface area contributed by atoms with Gasteiger partial charge >= 0.3 is 5.69 Å². The van der Waals surface area contributed by atoms with Crippen molar-refractivity contribution in [1.29, 1.82) is 0 Å². The van der Waals surface area contributed by atoms with Gasteiger partial charge in [-0.15, -0.1) is 0 Å². The number of nitrogens with one attached hydrogen (secondary N) is 1. The number of benzene rings is 1. The molecule has 1 aromatic carbocycles. The zero-order chi connectivity index (χ0) is 11.1. The molecule has 1 N–H and O–H groups in total. The molecule has 0 bridgehead atoms. The minimum atomic E-state index is -0.277. The minimum Gasteiger partial charge on any atom is -0.293 e. The lowest BCUT2D eigenvalue weighted by Gasteiger charge is -1.97. The summed E-state index contributed by atoms with van der Waals surface area (Å²) in [6.07, 6.45) is 0. The predicted octanol–water partition coefficient (Wildman–Crippen LogP) is 2.07. The minimum absolute atomic E-state index is 0.277. The Morgan fingerprint density at radius 3 is 3.00 bits per heavy atom. The van der Waals surface area contributed by atoms with Crippen LogP contribution in [0.5, 0.6) is 0 Å². The Balaban J connectivity index is 2.57. The Kier molecular flexibility index (Phi) is 2.07. The number of halogens is 1. The maximum Gasteiger partial charge on any atom is 0.367 e. The summed E-state index contributed by atoms with van der Waals surface area (Å²) in [7, 11) is 0. The van der Waals surface area contributed by atoms with E-state index in [2.05, 4.69) is 26.0 Å². The zero-order valence-electron chi connectivity index (χ0n) is 8.27. The van der Waals surface area contributed by atoms with Crippen LogP contribution in [0.4, 0.5) is 0 Å². The normalized spacial score (nSPS) is 11.3. The molecule has 3 rings (SSSR count). The summed E-state index contributed by atoms with van der Waals surface area (Å²) in [6.45, 7) is 0. The maximum atomic E-state index is 11.7. The summed E-state index contributed by atoms with van der Waals surface area (Å²) in [4.78, 5) is 15.7. The van der Waals surface area contributed by atoms with Crippen LogP contribution >= 0.6 is 15.9 Å². The van der Waals surface area contributed by atoms with E-state index in [4.69, 9.17) is 0 Å². The Bertz CT molecular complexity index is 729. The molecule has 0 atom stereocenters. The van der Waals surface area contributed by atoms with Crippen molar-refractivity contribution >= 4 is 32.3 Å². The van der Waals surface area contributed by atoms with Crippen molar-refractivity contribution in [3.63, 3.8) is 0 Å². The van der Waals surface area contributed by atoms with E-state index < -0.39 is 0 Å². The van der Waals surface area contributed by atoms with Gasteiger partial charge in [-0.3, -0.25) is 5.10 Å². The van der Waals surface area contributed by atoms with E-state index in [-0.39, 0.29) is 5.69 Å². The van der Waals surface area contributed by atoms with Gasteiger partial charge in [-0.1, -0.05) is 34.1 Å². The molecule has 0 spiro atoms. The fourth-order valence-electron chi connectivity index (χ4n) is 1.82. The number of hydrogen-bond donors (Lipinski definition) is 1. The predicted molar refractivity (Wildman–Crippen MR) is 65.9 cm³/mol. The summed E-state index contributed by atoms with van der Waals surface area (Å²) < 4.78 is 1.47. The molecule has 0 aliphatic carbocycles. The fraction of sp³-hybridized carbons (Fsp3) is 0.0909. The smallest absolute Gasteiger partial charge is 0.293 e. The van der Waals surface area contributed by atoms with Gasteiger partial charge in [0.25, 0.3) is 0 Å². The van der Waals surface area contributed by atoms with Crippen LogP contribution in [0.15, 0.2) is 35.1 Å². The van der Waals surface area contributed by atoms with Gasteiger partial charge in [0, 0.05) is 16.4 Å². The first kappa shape index (κ1) is 9.59. The van der Waals surface area contributed by atoms with Crippen LogP contribution in [-0.4, -0.2) is 14.6 Å². The van der Waals surface area contributed by atoms with Crippen LogP contribution in [0.3, 0.4) is 0 Å². The highest BCUT2D eigenvalue weighted by atomic mass is 79.9. The first-order chi connectivity index (χ1) is 7.79. The van der Waals surface area contributed by atoms with E-state index in [1.165, 1.54) is 4.52 Å². The third-order valence-corrected chi connectivity index (χ3v) is 3.14. The number of aromatic amines is 1. The molecular formula is C11H8BrN3O. The number of H-pyrrole nitrogens is 1. The molecule has 80 valence electrons.